The SMILES string of the molecule is CC(N)=C(C#N)C(=O)CSc1nnc(-c2ccccc2)n1-c1ccc(C)c(C)c1. The van der Waals surface area contributed by atoms with E-state index < -0.39 is 0 Å². The normalized spacial score (nSPS) is 11.7. The molecule has 6 nitrogen and oxygen atoms in total. The summed E-state index contributed by atoms with van der Waals surface area (Å²) in [5, 5.41) is 18.4. The first-order valence-electron chi connectivity index (χ1n) is 9.03. The largest absolute Gasteiger partial charge is 0.401 e. The van der Waals surface area contributed by atoms with Gasteiger partial charge >= 0.3 is 0 Å². The number of rotatable bonds is 6. The molecule has 0 aliphatic heterocycles. The number of aryl methyl sites for hydroxylation is 2. The van der Waals surface area contributed by atoms with Crippen LogP contribution in [0.3, 0.4) is 0 Å². The van der Waals surface area contributed by atoms with Crippen molar-refractivity contribution in [3.8, 4) is 23.1 Å². The molecular weight excluding hydrogens is 382 g/mol. The van der Waals surface area contributed by atoms with Crippen LogP contribution in [0.1, 0.15) is 18.1 Å². The number of carbonyl (C=O) groups excluding carboxylic acids is 1. The molecule has 0 atom stereocenters. The highest BCUT2D eigenvalue weighted by atomic mass is 32.2. The average molecular weight is 404 g/mol. The summed E-state index contributed by atoms with van der Waals surface area (Å²) in [5.41, 5.74) is 10.0. The summed E-state index contributed by atoms with van der Waals surface area (Å²) in [6.45, 7) is 5.66. The maximum atomic E-state index is 12.4. The van der Waals surface area contributed by atoms with Crippen LogP contribution in [0.15, 0.2) is 65.0 Å². The second-order valence-corrected chi connectivity index (χ2v) is 7.60. The van der Waals surface area contributed by atoms with Gasteiger partial charge in [-0.25, -0.2) is 0 Å². The van der Waals surface area contributed by atoms with Crippen LogP contribution in [0.25, 0.3) is 17.1 Å². The molecule has 3 aromatic rings. The van der Waals surface area contributed by atoms with E-state index in [-0.39, 0.29) is 22.8 Å². The van der Waals surface area contributed by atoms with E-state index in [1.54, 1.807) is 6.92 Å². The van der Waals surface area contributed by atoms with Crippen LogP contribution >= 0.6 is 11.8 Å². The smallest absolute Gasteiger partial charge is 0.196 e. The van der Waals surface area contributed by atoms with Gasteiger partial charge in [-0.1, -0.05) is 48.2 Å². The number of hydrogen-bond acceptors (Lipinski definition) is 6. The van der Waals surface area contributed by atoms with Gasteiger partial charge in [0, 0.05) is 11.3 Å². The topological polar surface area (TPSA) is 97.6 Å². The van der Waals surface area contributed by atoms with Crippen LogP contribution in [0.4, 0.5) is 0 Å². The van der Waals surface area contributed by atoms with E-state index in [0.29, 0.717) is 11.0 Å². The van der Waals surface area contributed by atoms with Gasteiger partial charge in [0.2, 0.25) is 0 Å². The maximum Gasteiger partial charge on any atom is 0.196 e. The Bertz CT molecular complexity index is 1120. The highest BCUT2D eigenvalue weighted by Crippen LogP contribution is 2.29. The number of nitriles is 1. The lowest BCUT2D eigenvalue weighted by molar-refractivity contribution is -0.112. The third-order valence-electron chi connectivity index (χ3n) is 4.53. The van der Waals surface area contributed by atoms with Gasteiger partial charge in [-0.05, 0) is 44.0 Å². The summed E-state index contributed by atoms with van der Waals surface area (Å²) in [6, 6.07) is 17.8. The zero-order valence-corrected chi connectivity index (χ0v) is 17.3. The molecule has 0 radical (unpaired) electrons. The fourth-order valence-corrected chi connectivity index (χ4v) is 3.63. The van der Waals surface area contributed by atoms with Gasteiger partial charge in [-0.15, -0.1) is 10.2 Å². The third kappa shape index (κ3) is 4.39. The first-order chi connectivity index (χ1) is 13.9. The van der Waals surface area contributed by atoms with Crippen LogP contribution in [0, 0.1) is 25.2 Å². The molecule has 146 valence electrons. The van der Waals surface area contributed by atoms with E-state index in [1.165, 1.54) is 17.3 Å². The van der Waals surface area contributed by atoms with Crippen molar-refractivity contribution >= 4 is 17.5 Å². The number of nitrogens with two attached hydrogens (primary N) is 1. The molecular formula is C22H21N5OS. The minimum atomic E-state index is -0.326. The molecule has 0 unspecified atom stereocenters. The monoisotopic (exact) mass is 403 g/mol. The molecule has 0 aliphatic rings. The summed E-state index contributed by atoms with van der Waals surface area (Å²) >= 11 is 1.24. The zero-order chi connectivity index (χ0) is 21.0. The molecule has 0 aliphatic carbocycles. The minimum absolute atomic E-state index is 0.0157. The molecule has 1 aromatic heterocycles. The number of thioether (sulfide) groups is 1. The van der Waals surface area contributed by atoms with Gasteiger partial charge in [0.15, 0.2) is 16.8 Å². The molecule has 0 bridgehead atoms. The lowest BCUT2D eigenvalue weighted by Crippen LogP contribution is -2.11. The van der Waals surface area contributed by atoms with Gasteiger partial charge in [-0.3, -0.25) is 9.36 Å². The maximum absolute atomic E-state index is 12.4. The Kier molecular flexibility index (Phi) is 6.15. The fourth-order valence-electron chi connectivity index (χ4n) is 2.81. The quantitative estimate of drug-likeness (QED) is 0.380. The highest BCUT2D eigenvalue weighted by Gasteiger charge is 2.19. The van der Waals surface area contributed by atoms with Gasteiger partial charge in [0.25, 0.3) is 0 Å². The highest BCUT2D eigenvalue weighted by molar-refractivity contribution is 7.99. The molecule has 29 heavy (non-hydrogen) atoms. The Morgan fingerprint density at radius 1 is 1.14 bits per heavy atom. The number of hydrogen-bond donors (Lipinski definition) is 1. The van der Waals surface area contributed by atoms with Crippen molar-refractivity contribution < 1.29 is 4.79 Å². The second-order valence-electron chi connectivity index (χ2n) is 6.66. The zero-order valence-electron chi connectivity index (χ0n) is 16.5. The van der Waals surface area contributed by atoms with Crippen LogP contribution in [0.5, 0.6) is 0 Å². The lowest BCUT2D eigenvalue weighted by Gasteiger charge is -2.12. The number of carbonyl (C=O) groups is 1. The van der Waals surface area contributed by atoms with Crippen molar-refractivity contribution in [2.45, 2.75) is 25.9 Å². The average Bonchev–Trinajstić information content (AvgIpc) is 3.13. The predicted molar refractivity (Wildman–Crippen MR) is 115 cm³/mol. The molecule has 2 aromatic carbocycles. The van der Waals surface area contributed by atoms with E-state index >= 15 is 0 Å². The summed E-state index contributed by atoms with van der Waals surface area (Å²) in [4.78, 5) is 12.4. The Balaban J connectivity index is 2.03. The van der Waals surface area contributed by atoms with E-state index in [1.807, 2.05) is 53.1 Å². The van der Waals surface area contributed by atoms with Crippen LogP contribution in [-0.2, 0) is 4.79 Å². The molecule has 2 N–H and O–H groups in total. The number of allylic oxidation sites excluding steroid dienone is 2. The summed E-state index contributed by atoms with van der Waals surface area (Å²) in [5.74, 6) is 0.415. The Morgan fingerprint density at radius 3 is 2.48 bits per heavy atom. The number of nitrogens with zero attached hydrogens (tertiary/aromatic N) is 4. The Labute approximate surface area is 174 Å². The molecule has 0 saturated heterocycles. The first-order valence-corrected chi connectivity index (χ1v) is 10.0. The van der Waals surface area contributed by atoms with E-state index in [2.05, 4.69) is 30.1 Å². The van der Waals surface area contributed by atoms with Crippen molar-refractivity contribution in [3.63, 3.8) is 0 Å². The molecule has 0 saturated carbocycles. The second kappa shape index (κ2) is 8.76. The van der Waals surface area contributed by atoms with Gasteiger partial charge in [-0.2, -0.15) is 5.26 Å². The minimum Gasteiger partial charge on any atom is -0.401 e. The van der Waals surface area contributed by atoms with Crippen molar-refractivity contribution in [2.24, 2.45) is 5.73 Å². The van der Waals surface area contributed by atoms with E-state index in [4.69, 9.17) is 11.0 Å². The van der Waals surface area contributed by atoms with Crippen LogP contribution in [-0.4, -0.2) is 26.3 Å². The van der Waals surface area contributed by atoms with Crippen LogP contribution in [0.2, 0.25) is 0 Å². The molecule has 3 rings (SSSR count). The standard InChI is InChI=1S/C22H21N5OS/c1-14-9-10-18(11-15(14)2)27-21(17-7-5-4-6-8-17)25-26-22(27)29-13-20(28)19(12-23)16(3)24/h4-11H,13,24H2,1-3H3. The number of aromatic nitrogens is 3. The Hall–Kier alpha value is -3.37. The molecule has 0 spiro atoms. The van der Waals surface area contributed by atoms with Gasteiger partial charge < -0.3 is 5.73 Å². The molecule has 0 amide bonds. The number of benzene rings is 2. The Morgan fingerprint density at radius 2 is 1.86 bits per heavy atom. The van der Waals surface area contributed by atoms with E-state index in [0.717, 1.165) is 16.8 Å². The lowest BCUT2D eigenvalue weighted by atomic mass is 10.1. The molecule has 1 heterocycles. The van der Waals surface area contributed by atoms with Crippen LogP contribution < -0.4 is 5.73 Å². The van der Waals surface area contributed by atoms with Crippen molar-refractivity contribution in [1.29, 1.82) is 5.26 Å². The van der Waals surface area contributed by atoms with Crippen molar-refractivity contribution in [3.05, 3.63) is 70.9 Å². The summed E-state index contributed by atoms with van der Waals surface area (Å²) in [6.07, 6.45) is 0. The predicted octanol–water partition coefficient (Wildman–Crippen LogP) is 3.97. The number of ketones is 1. The number of Topliss-reactive ketones (excluding diaryl/α,β-unsaturated/α-hetero) is 1. The third-order valence-corrected chi connectivity index (χ3v) is 5.46. The molecule has 7 heteroatoms. The van der Waals surface area contributed by atoms with Crippen molar-refractivity contribution in [2.75, 3.05) is 5.75 Å². The summed E-state index contributed by atoms with van der Waals surface area (Å²) < 4.78 is 1.94. The summed E-state index contributed by atoms with van der Waals surface area (Å²) in [7, 11) is 0. The van der Waals surface area contributed by atoms with Crippen molar-refractivity contribution in [1.82, 2.24) is 14.8 Å². The van der Waals surface area contributed by atoms with E-state index in [9.17, 15) is 4.79 Å². The van der Waals surface area contributed by atoms with Gasteiger partial charge in [0.1, 0.15) is 11.6 Å². The first kappa shape index (κ1) is 20.4. The molecule has 0 fully saturated rings. The van der Waals surface area contributed by atoms with Gasteiger partial charge in [0.05, 0.1) is 11.4 Å². The fraction of sp³-hybridized carbons (Fsp3) is 0.182.